The molecule has 3 rings (SSSR count). The first kappa shape index (κ1) is 13.6. The van der Waals surface area contributed by atoms with E-state index in [0.29, 0.717) is 5.75 Å². The van der Waals surface area contributed by atoms with E-state index in [4.69, 9.17) is 4.18 Å². The van der Waals surface area contributed by atoms with Crippen molar-refractivity contribution >= 4 is 20.9 Å². The van der Waals surface area contributed by atoms with Gasteiger partial charge in [0.2, 0.25) is 0 Å². The highest BCUT2D eigenvalue weighted by Gasteiger charge is 2.17. The maximum absolute atomic E-state index is 12.3. The molecule has 3 aromatic rings. The highest BCUT2D eigenvalue weighted by Crippen LogP contribution is 2.28. The molecule has 3 aromatic carbocycles. The van der Waals surface area contributed by atoms with Gasteiger partial charge in [0, 0.05) is 5.39 Å². The summed E-state index contributed by atoms with van der Waals surface area (Å²) >= 11 is 0. The Hall–Kier alpha value is -2.33. The lowest BCUT2D eigenvalue weighted by Gasteiger charge is -2.09. The molecule has 21 heavy (non-hydrogen) atoms. The van der Waals surface area contributed by atoms with Gasteiger partial charge in [-0.25, -0.2) is 0 Å². The zero-order valence-corrected chi connectivity index (χ0v) is 12.3. The van der Waals surface area contributed by atoms with Crippen LogP contribution in [0, 0.1) is 6.92 Å². The third-order valence-electron chi connectivity index (χ3n) is 3.26. The highest BCUT2D eigenvalue weighted by molar-refractivity contribution is 7.87. The predicted octanol–water partition coefficient (Wildman–Crippen LogP) is 3.92. The van der Waals surface area contributed by atoms with Crippen LogP contribution in [0.15, 0.2) is 71.6 Å². The van der Waals surface area contributed by atoms with Gasteiger partial charge >= 0.3 is 10.1 Å². The van der Waals surface area contributed by atoms with Gasteiger partial charge in [-0.15, -0.1) is 0 Å². The summed E-state index contributed by atoms with van der Waals surface area (Å²) in [4.78, 5) is 0.154. The van der Waals surface area contributed by atoms with Gasteiger partial charge in [-0.2, -0.15) is 8.42 Å². The number of benzene rings is 3. The third-order valence-corrected chi connectivity index (χ3v) is 4.51. The first-order valence-electron chi connectivity index (χ1n) is 6.55. The fourth-order valence-electron chi connectivity index (χ4n) is 2.14. The minimum absolute atomic E-state index is 0.154. The van der Waals surface area contributed by atoms with Crippen LogP contribution in [0.25, 0.3) is 10.8 Å². The van der Waals surface area contributed by atoms with Gasteiger partial charge in [0.25, 0.3) is 0 Å². The third kappa shape index (κ3) is 2.76. The molecule has 0 unspecified atom stereocenters. The fourth-order valence-corrected chi connectivity index (χ4v) is 3.09. The number of rotatable bonds is 3. The molecule has 0 aliphatic rings. The van der Waals surface area contributed by atoms with E-state index in [2.05, 4.69) is 0 Å². The highest BCUT2D eigenvalue weighted by atomic mass is 32.2. The summed E-state index contributed by atoms with van der Waals surface area (Å²) in [6.45, 7) is 1.90. The molecule has 0 saturated heterocycles. The molecule has 0 bridgehead atoms. The zero-order valence-electron chi connectivity index (χ0n) is 11.5. The van der Waals surface area contributed by atoms with Crippen molar-refractivity contribution < 1.29 is 12.6 Å². The lowest BCUT2D eigenvalue weighted by atomic mass is 10.1. The average Bonchev–Trinajstić information content (AvgIpc) is 2.48. The molecule has 0 radical (unpaired) electrons. The molecule has 0 atom stereocenters. The summed E-state index contributed by atoms with van der Waals surface area (Å²) in [5.74, 6) is 0.341. The van der Waals surface area contributed by atoms with Crippen LogP contribution >= 0.6 is 0 Å². The van der Waals surface area contributed by atoms with E-state index in [1.54, 1.807) is 36.4 Å². The van der Waals surface area contributed by atoms with Gasteiger partial charge in [0.15, 0.2) is 5.75 Å². The zero-order chi connectivity index (χ0) is 14.9. The maximum atomic E-state index is 12.3. The van der Waals surface area contributed by atoms with Crippen molar-refractivity contribution in [3.05, 3.63) is 72.3 Å². The Labute approximate surface area is 123 Å². The molecule has 4 heteroatoms. The van der Waals surface area contributed by atoms with E-state index in [1.807, 2.05) is 37.3 Å². The number of fused-ring (bicyclic) bond motifs is 1. The molecule has 0 heterocycles. The van der Waals surface area contributed by atoms with Gasteiger partial charge in [-0.3, -0.25) is 0 Å². The Morgan fingerprint density at radius 1 is 0.810 bits per heavy atom. The van der Waals surface area contributed by atoms with E-state index in [1.165, 1.54) is 0 Å². The van der Waals surface area contributed by atoms with Crippen LogP contribution in [0.3, 0.4) is 0 Å². The summed E-state index contributed by atoms with van der Waals surface area (Å²) in [7, 11) is -3.82. The van der Waals surface area contributed by atoms with Gasteiger partial charge < -0.3 is 4.18 Å². The Morgan fingerprint density at radius 3 is 2.24 bits per heavy atom. The summed E-state index contributed by atoms with van der Waals surface area (Å²) in [6.07, 6.45) is 0. The number of hydrogen-bond acceptors (Lipinski definition) is 3. The molecule has 0 amide bonds. The lowest BCUT2D eigenvalue weighted by molar-refractivity contribution is 0.488. The van der Waals surface area contributed by atoms with Gasteiger partial charge in [0.05, 0.1) is 0 Å². The second kappa shape index (κ2) is 5.22. The normalized spacial score (nSPS) is 11.5. The van der Waals surface area contributed by atoms with Crippen LogP contribution in [0.2, 0.25) is 0 Å². The van der Waals surface area contributed by atoms with Crippen molar-refractivity contribution in [3.8, 4) is 5.75 Å². The second-order valence-electron chi connectivity index (χ2n) is 4.83. The first-order valence-corrected chi connectivity index (χ1v) is 7.96. The Bertz CT molecular complexity index is 876. The minimum Gasteiger partial charge on any atom is -0.378 e. The van der Waals surface area contributed by atoms with Crippen LogP contribution in [0.1, 0.15) is 5.56 Å². The van der Waals surface area contributed by atoms with E-state index in [-0.39, 0.29) is 4.90 Å². The van der Waals surface area contributed by atoms with E-state index in [0.717, 1.165) is 16.3 Å². The smallest absolute Gasteiger partial charge is 0.339 e. The second-order valence-corrected chi connectivity index (χ2v) is 6.37. The maximum Gasteiger partial charge on any atom is 0.339 e. The van der Waals surface area contributed by atoms with Crippen molar-refractivity contribution in [3.63, 3.8) is 0 Å². The molecule has 0 aromatic heterocycles. The van der Waals surface area contributed by atoms with Crippen LogP contribution in [0.4, 0.5) is 0 Å². The van der Waals surface area contributed by atoms with Crippen LogP contribution in [-0.4, -0.2) is 8.42 Å². The predicted molar refractivity (Wildman–Crippen MR) is 82.9 cm³/mol. The van der Waals surface area contributed by atoms with Crippen molar-refractivity contribution in [1.82, 2.24) is 0 Å². The number of aryl methyl sites for hydroxylation is 1. The van der Waals surface area contributed by atoms with Crippen molar-refractivity contribution in [2.45, 2.75) is 11.8 Å². The van der Waals surface area contributed by atoms with Crippen molar-refractivity contribution in [2.24, 2.45) is 0 Å². The molecule has 0 N–H and O–H groups in total. The molecule has 106 valence electrons. The minimum atomic E-state index is -3.82. The molecular weight excluding hydrogens is 284 g/mol. The lowest BCUT2D eigenvalue weighted by Crippen LogP contribution is -2.09. The van der Waals surface area contributed by atoms with E-state index in [9.17, 15) is 8.42 Å². The standard InChI is InChI=1S/C17H14O3S/c1-13-9-11-15(12-10-13)21(18,19)20-17-8-4-6-14-5-2-3-7-16(14)17/h2-12H,1H3. The molecule has 3 nitrogen and oxygen atoms in total. The summed E-state index contributed by atoms with van der Waals surface area (Å²) in [5, 5.41) is 1.71. The van der Waals surface area contributed by atoms with E-state index >= 15 is 0 Å². The van der Waals surface area contributed by atoms with Gasteiger partial charge in [0.1, 0.15) is 4.90 Å². The monoisotopic (exact) mass is 298 g/mol. The quantitative estimate of drug-likeness (QED) is 0.688. The number of hydrogen-bond donors (Lipinski definition) is 0. The molecule has 0 saturated carbocycles. The Kier molecular flexibility index (Phi) is 3.39. The van der Waals surface area contributed by atoms with Crippen molar-refractivity contribution in [1.29, 1.82) is 0 Å². The SMILES string of the molecule is Cc1ccc(S(=O)(=O)Oc2cccc3ccccc23)cc1. The fraction of sp³-hybridized carbons (Fsp3) is 0.0588. The molecular formula is C17H14O3S. The van der Waals surface area contributed by atoms with Gasteiger partial charge in [-0.1, -0.05) is 54.1 Å². The Morgan fingerprint density at radius 2 is 1.48 bits per heavy atom. The van der Waals surface area contributed by atoms with Gasteiger partial charge in [-0.05, 0) is 30.5 Å². The van der Waals surface area contributed by atoms with Crippen LogP contribution in [0.5, 0.6) is 5.75 Å². The molecule has 0 aliphatic carbocycles. The van der Waals surface area contributed by atoms with Crippen LogP contribution < -0.4 is 4.18 Å². The first-order chi connectivity index (χ1) is 10.1. The van der Waals surface area contributed by atoms with Crippen LogP contribution in [-0.2, 0) is 10.1 Å². The summed E-state index contributed by atoms with van der Waals surface area (Å²) < 4.78 is 30.0. The van der Waals surface area contributed by atoms with E-state index < -0.39 is 10.1 Å². The van der Waals surface area contributed by atoms with Crippen molar-refractivity contribution in [2.75, 3.05) is 0 Å². The molecule has 0 spiro atoms. The molecule has 0 aliphatic heterocycles. The largest absolute Gasteiger partial charge is 0.378 e. The topological polar surface area (TPSA) is 43.4 Å². The average molecular weight is 298 g/mol. The molecule has 0 fully saturated rings. The summed E-state index contributed by atoms with van der Waals surface area (Å²) in [5.41, 5.74) is 0.999. The Balaban J connectivity index is 2.03. The summed E-state index contributed by atoms with van der Waals surface area (Å²) in [6, 6.07) is 19.5.